The average molecular weight is 294 g/mol. The Hall–Kier alpha value is -1.75. The summed E-state index contributed by atoms with van der Waals surface area (Å²) in [6.07, 6.45) is 1.91. The van der Waals surface area contributed by atoms with Crippen LogP contribution >= 0.6 is 0 Å². The second-order valence-corrected chi connectivity index (χ2v) is 4.80. The summed E-state index contributed by atoms with van der Waals surface area (Å²) >= 11 is 0. The van der Waals surface area contributed by atoms with Crippen LogP contribution in [0.4, 0.5) is 10.5 Å². The lowest BCUT2D eigenvalue weighted by Gasteiger charge is -2.14. The minimum atomic E-state index is -0.216. The van der Waals surface area contributed by atoms with Crippen molar-refractivity contribution in [2.45, 2.75) is 39.7 Å². The zero-order valence-corrected chi connectivity index (χ0v) is 13.1. The van der Waals surface area contributed by atoms with Gasteiger partial charge in [-0.1, -0.05) is 13.0 Å². The van der Waals surface area contributed by atoms with Crippen LogP contribution in [0.15, 0.2) is 24.3 Å². The third-order valence-corrected chi connectivity index (χ3v) is 2.96. The first-order valence-electron chi connectivity index (χ1n) is 7.55. The van der Waals surface area contributed by atoms with Gasteiger partial charge in [0, 0.05) is 31.5 Å². The summed E-state index contributed by atoms with van der Waals surface area (Å²) < 4.78 is 10.9. The normalized spacial score (nSPS) is 11.8. The highest BCUT2D eigenvalue weighted by Crippen LogP contribution is 2.19. The van der Waals surface area contributed by atoms with Crippen LogP contribution in [0, 0.1) is 0 Å². The second-order valence-electron chi connectivity index (χ2n) is 4.80. The van der Waals surface area contributed by atoms with Crippen LogP contribution in [0.2, 0.25) is 0 Å². The first-order valence-corrected chi connectivity index (χ1v) is 7.55. The molecule has 5 heteroatoms. The predicted octanol–water partition coefficient (Wildman–Crippen LogP) is 3.41. The zero-order valence-electron chi connectivity index (χ0n) is 13.1. The van der Waals surface area contributed by atoms with E-state index in [1.54, 1.807) is 0 Å². The van der Waals surface area contributed by atoms with E-state index < -0.39 is 0 Å². The van der Waals surface area contributed by atoms with E-state index in [9.17, 15) is 4.79 Å². The fraction of sp³-hybridized carbons (Fsp3) is 0.562. The van der Waals surface area contributed by atoms with Gasteiger partial charge >= 0.3 is 6.03 Å². The van der Waals surface area contributed by atoms with Gasteiger partial charge < -0.3 is 20.1 Å². The number of hydrogen-bond donors (Lipinski definition) is 2. The highest BCUT2D eigenvalue weighted by molar-refractivity contribution is 5.89. The van der Waals surface area contributed by atoms with Crippen LogP contribution in [-0.4, -0.2) is 31.9 Å². The molecule has 1 rings (SSSR count). The van der Waals surface area contributed by atoms with Gasteiger partial charge in [-0.25, -0.2) is 4.79 Å². The van der Waals surface area contributed by atoms with E-state index >= 15 is 0 Å². The molecule has 0 saturated heterocycles. The summed E-state index contributed by atoms with van der Waals surface area (Å²) in [6.45, 7) is 8.00. The van der Waals surface area contributed by atoms with Crippen LogP contribution in [0.1, 0.15) is 33.6 Å². The Morgan fingerprint density at radius 2 is 2.14 bits per heavy atom. The summed E-state index contributed by atoms with van der Waals surface area (Å²) in [7, 11) is 0. The highest BCUT2D eigenvalue weighted by atomic mass is 16.5. The third kappa shape index (κ3) is 7.56. The number of ether oxygens (including phenoxy) is 2. The molecule has 1 aromatic rings. The average Bonchev–Trinajstić information content (AvgIpc) is 2.47. The first kappa shape index (κ1) is 17.3. The van der Waals surface area contributed by atoms with Gasteiger partial charge in [0.15, 0.2) is 0 Å². The molecule has 0 saturated carbocycles. The molecule has 1 atom stereocenters. The van der Waals surface area contributed by atoms with E-state index in [4.69, 9.17) is 9.47 Å². The van der Waals surface area contributed by atoms with Crippen LogP contribution < -0.4 is 15.4 Å². The molecule has 1 unspecified atom stereocenters. The molecule has 21 heavy (non-hydrogen) atoms. The summed E-state index contributed by atoms with van der Waals surface area (Å²) in [5.74, 6) is 0.762. The Kier molecular flexibility index (Phi) is 8.28. The molecule has 0 aromatic heterocycles. The van der Waals surface area contributed by atoms with Crippen molar-refractivity contribution < 1.29 is 14.3 Å². The molecule has 0 radical (unpaired) electrons. The number of amides is 2. The molecule has 0 heterocycles. The number of rotatable bonds is 9. The van der Waals surface area contributed by atoms with Crippen molar-refractivity contribution in [2.75, 3.05) is 25.1 Å². The van der Waals surface area contributed by atoms with E-state index in [0.717, 1.165) is 24.3 Å². The molecule has 0 fully saturated rings. The Morgan fingerprint density at radius 3 is 2.86 bits per heavy atom. The molecule has 0 bridgehead atoms. The Morgan fingerprint density at radius 1 is 1.33 bits per heavy atom. The molecule has 5 nitrogen and oxygen atoms in total. The number of nitrogens with one attached hydrogen (secondary N) is 2. The molecule has 0 aliphatic heterocycles. The molecule has 2 N–H and O–H groups in total. The molecular formula is C16H26N2O3. The molecule has 2 amide bonds. The maximum Gasteiger partial charge on any atom is 0.319 e. The highest BCUT2D eigenvalue weighted by Gasteiger charge is 2.04. The number of benzene rings is 1. The number of carbonyl (C=O) groups excluding carboxylic acids is 1. The SMILES string of the molecule is CCOCCCNC(=O)Nc1cccc(OC(C)CC)c1. The van der Waals surface area contributed by atoms with E-state index in [0.29, 0.717) is 19.8 Å². The molecule has 118 valence electrons. The Bertz CT molecular complexity index is 424. The Balaban J connectivity index is 2.36. The molecule has 0 aliphatic rings. The van der Waals surface area contributed by atoms with Gasteiger partial charge in [0.1, 0.15) is 5.75 Å². The van der Waals surface area contributed by atoms with Crippen molar-refractivity contribution in [3.63, 3.8) is 0 Å². The lowest BCUT2D eigenvalue weighted by molar-refractivity contribution is 0.145. The lowest BCUT2D eigenvalue weighted by Crippen LogP contribution is -2.30. The molecule has 0 aliphatic carbocycles. The van der Waals surface area contributed by atoms with Crippen LogP contribution in [0.5, 0.6) is 5.75 Å². The minimum absolute atomic E-state index is 0.160. The minimum Gasteiger partial charge on any atom is -0.491 e. The number of hydrogen-bond acceptors (Lipinski definition) is 3. The van der Waals surface area contributed by atoms with Crippen molar-refractivity contribution in [1.82, 2.24) is 5.32 Å². The van der Waals surface area contributed by atoms with Gasteiger partial charge in [-0.2, -0.15) is 0 Å². The van der Waals surface area contributed by atoms with Gasteiger partial charge in [0.2, 0.25) is 0 Å². The van der Waals surface area contributed by atoms with Gasteiger partial charge in [-0.15, -0.1) is 0 Å². The van der Waals surface area contributed by atoms with Gasteiger partial charge in [-0.05, 0) is 38.8 Å². The van der Waals surface area contributed by atoms with E-state index in [1.165, 1.54) is 0 Å². The standard InChI is InChI=1S/C16H26N2O3/c1-4-13(3)21-15-9-6-8-14(12-15)18-16(19)17-10-7-11-20-5-2/h6,8-9,12-13H,4-5,7,10-11H2,1-3H3,(H2,17,18,19). The largest absolute Gasteiger partial charge is 0.491 e. The quantitative estimate of drug-likeness (QED) is 0.686. The van der Waals surface area contributed by atoms with Crippen LogP contribution in [0.3, 0.4) is 0 Å². The van der Waals surface area contributed by atoms with E-state index in [-0.39, 0.29) is 12.1 Å². The predicted molar refractivity (Wildman–Crippen MR) is 85.0 cm³/mol. The third-order valence-electron chi connectivity index (χ3n) is 2.96. The lowest BCUT2D eigenvalue weighted by atomic mass is 10.3. The van der Waals surface area contributed by atoms with Crippen LogP contribution in [-0.2, 0) is 4.74 Å². The van der Waals surface area contributed by atoms with Crippen molar-refractivity contribution >= 4 is 11.7 Å². The fourth-order valence-corrected chi connectivity index (χ4v) is 1.66. The van der Waals surface area contributed by atoms with Crippen molar-refractivity contribution in [3.05, 3.63) is 24.3 Å². The number of carbonyl (C=O) groups is 1. The van der Waals surface area contributed by atoms with Gasteiger partial charge in [0.05, 0.1) is 6.10 Å². The van der Waals surface area contributed by atoms with Crippen molar-refractivity contribution in [1.29, 1.82) is 0 Å². The maximum absolute atomic E-state index is 11.7. The maximum atomic E-state index is 11.7. The monoisotopic (exact) mass is 294 g/mol. The van der Waals surface area contributed by atoms with Crippen LogP contribution in [0.25, 0.3) is 0 Å². The number of anilines is 1. The van der Waals surface area contributed by atoms with Gasteiger partial charge in [0.25, 0.3) is 0 Å². The van der Waals surface area contributed by atoms with E-state index in [1.807, 2.05) is 38.1 Å². The van der Waals surface area contributed by atoms with E-state index in [2.05, 4.69) is 17.6 Å². The number of urea groups is 1. The molecule has 0 spiro atoms. The van der Waals surface area contributed by atoms with Crippen molar-refractivity contribution in [2.24, 2.45) is 0 Å². The zero-order chi connectivity index (χ0) is 15.5. The summed E-state index contributed by atoms with van der Waals surface area (Å²) in [5, 5.41) is 5.58. The van der Waals surface area contributed by atoms with Gasteiger partial charge in [-0.3, -0.25) is 0 Å². The fourth-order valence-electron chi connectivity index (χ4n) is 1.66. The summed E-state index contributed by atoms with van der Waals surface area (Å²) in [4.78, 5) is 11.7. The Labute approximate surface area is 127 Å². The molecular weight excluding hydrogens is 268 g/mol. The van der Waals surface area contributed by atoms with Crippen molar-refractivity contribution in [3.8, 4) is 5.75 Å². The molecule has 1 aromatic carbocycles. The summed E-state index contributed by atoms with van der Waals surface area (Å²) in [6, 6.07) is 7.20. The summed E-state index contributed by atoms with van der Waals surface area (Å²) in [5.41, 5.74) is 0.720. The topological polar surface area (TPSA) is 59.6 Å². The first-order chi connectivity index (χ1) is 10.2. The second kappa shape index (κ2) is 10.0. The smallest absolute Gasteiger partial charge is 0.319 e.